The summed E-state index contributed by atoms with van der Waals surface area (Å²) in [5.74, 6) is -0.187. The number of esters is 1. The SMILES string of the molecule is COCc1nc(-c2ccc(Cl)cc2C)oc1C(=O)OC. The third kappa shape index (κ3) is 2.84. The van der Waals surface area contributed by atoms with Gasteiger partial charge in [0.05, 0.1) is 13.7 Å². The maximum atomic E-state index is 11.7. The van der Waals surface area contributed by atoms with Crippen molar-refractivity contribution in [3.05, 3.63) is 40.2 Å². The van der Waals surface area contributed by atoms with Gasteiger partial charge >= 0.3 is 5.97 Å². The van der Waals surface area contributed by atoms with Crippen LogP contribution in [-0.2, 0) is 16.1 Å². The molecule has 0 aliphatic rings. The smallest absolute Gasteiger partial charge is 0.376 e. The Labute approximate surface area is 121 Å². The van der Waals surface area contributed by atoms with Crippen LogP contribution >= 0.6 is 11.6 Å². The molecule has 1 heterocycles. The zero-order chi connectivity index (χ0) is 14.7. The lowest BCUT2D eigenvalue weighted by Gasteiger charge is -2.01. The molecule has 0 unspecified atom stereocenters. The van der Waals surface area contributed by atoms with Gasteiger partial charge in [-0.2, -0.15) is 0 Å². The highest BCUT2D eigenvalue weighted by atomic mass is 35.5. The van der Waals surface area contributed by atoms with Crippen molar-refractivity contribution >= 4 is 17.6 Å². The van der Waals surface area contributed by atoms with Crippen LogP contribution in [0.2, 0.25) is 5.02 Å². The second kappa shape index (κ2) is 6.07. The Kier molecular flexibility index (Phi) is 4.42. The molecule has 0 saturated heterocycles. The molecule has 0 N–H and O–H groups in total. The topological polar surface area (TPSA) is 61.6 Å². The molecule has 0 radical (unpaired) electrons. The minimum atomic E-state index is -0.581. The first-order valence-corrected chi connectivity index (χ1v) is 6.28. The highest BCUT2D eigenvalue weighted by molar-refractivity contribution is 6.30. The van der Waals surface area contributed by atoms with Crippen molar-refractivity contribution < 1.29 is 18.7 Å². The van der Waals surface area contributed by atoms with E-state index in [1.165, 1.54) is 14.2 Å². The third-order valence-corrected chi connectivity index (χ3v) is 3.00. The fourth-order valence-electron chi connectivity index (χ4n) is 1.82. The van der Waals surface area contributed by atoms with Gasteiger partial charge in [0, 0.05) is 17.7 Å². The van der Waals surface area contributed by atoms with Crippen molar-refractivity contribution in [2.24, 2.45) is 0 Å². The van der Waals surface area contributed by atoms with E-state index < -0.39 is 5.97 Å². The van der Waals surface area contributed by atoms with Crippen LogP contribution in [-0.4, -0.2) is 25.2 Å². The van der Waals surface area contributed by atoms with Crippen molar-refractivity contribution in [1.29, 1.82) is 0 Å². The molecule has 6 heteroatoms. The lowest BCUT2D eigenvalue weighted by atomic mass is 10.1. The molecule has 0 amide bonds. The number of hydrogen-bond donors (Lipinski definition) is 0. The monoisotopic (exact) mass is 295 g/mol. The molecule has 0 saturated carbocycles. The zero-order valence-corrected chi connectivity index (χ0v) is 12.2. The molecule has 1 aromatic carbocycles. The van der Waals surface area contributed by atoms with Crippen LogP contribution in [0, 0.1) is 6.92 Å². The van der Waals surface area contributed by atoms with E-state index in [2.05, 4.69) is 9.72 Å². The van der Waals surface area contributed by atoms with Gasteiger partial charge in [-0.3, -0.25) is 0 Å². The summed E-state index contributed by atoms with van der Waals surface area (Å²) in [5, 5.41) is 0.628. The molecule has 2 rings (SSSR count). The van der Waals surface area contributed by atoms with Crippen molar-refractivity contribution in [2.45, 2.75) is 13.5 Å². The molecule has 0 atom stereocenters. The summed E-state index contributed by atoms with van der Waals surface area (Å²) < 4.78 is 15.2. The number of nitrogens with zero attached hydrogens (tertiary/aromatic N) is 1. The normalized spacial score (nSPS) is 10.6. The van der Waals surface area contributed by atoms with Crippen LogP contribution in [0.25, 0.3) is 11.5 Å². The summed E-state index contributed by atoms with van der Waals surface area (Å²) in [6, 6.07) is 5.33. The van der Waals surface area contributed by atoms with E-state index in [-0.39, 0.29) is 12.4 Å². The first kappa shape index (κ1) is 14.6. The number of oxazole rings is 1. The molecule has 0 fully saturated rings. The Morgan fingerprint density at radius 3 is 2.75 bits per heavy atom. The highest BCUT2D eigenvalue weighted by Crippen LogP contribution is 2.27. The number of hydrogen-bond acceptors (Lipinski definition) is 5. The molecule has 5 nitrogen and oxygen atoms in total. The molecule has 0 aliphatic carbocycles. The summed E-state index contributed by atoms with van der Waals surface area (Å²) in [5.41, 5.74) is 2.07. The predicted molar refractivity (Wildman–Crippen MR) is 73.7 cm³/mol. The van der Waals surface area contributed by atoms with E-state index in [0.717, 1.165) is 11.1 Å². The van der Waals surface area contributed by atoms with Crippen LogP contribution in [0.1, 0.15) is 21.8 Å². The Bertz CT molecular complexity index is 636. The summed E-state index contributed by atoms with van der Waals surface area (Å²) in [7, 11) is 2.80. The van der Waals surface area contributed by atoms with Gasteiger partial charge in [-0.25, -0.2) is 9.78 Å². The molecule has 0 aliphatic heterocycles. The molecule has 2 aromatic rings. The lowest BCUT2D eigenvalue weighted by Crippen LogP contribution is -2.04. The molecular weight excluding hydrogens is 282 g/mol. The van der Waals surface area contributed by atoms with Gasteiger partial charge in [0.1, 0.15) is 5.69 Å². The van der Waals surface area contributed by atoms with Crippen LogP contribution in [0.4, 0.5) is 0 Å². The van der Waals surface area contributed by atoms with Gasteiger partial charge in [-0.15, -0.1) is 0 Å². The fourth-order valence-corrected chi connectivity index (χ4v) is 2.05. The Balaban J connectivity index is 2.49. The fraction of sp³-hybridized carbons (Fsp3) is 0.286. The van der Waals surface area contributed by atoms with Crippen molar-refractivity contribution in [3.63, 3.8) is 0 Å². The number of aromatic nitrogens is 1. The lowest BCUT2D eigenvalue weighted by molar-refractivity contribution is 0.0559. The minimum Gasteiger partial charge on any atom is -0.463 e. The second-order valence-electron chi connectivity index (χ2n) is 4.18. The quantitative estimate of drug-likeness (QED) is 0.810. The van der Waals surface area contributed by atoms with E-state index >= 15 is 0 Å². The number of carbonyl (C=O) groups excluding carboxylic acids is 1. The molecule has 106 valence electrons. The van der Waals surface area contributed by atoms with Gasteiger partial charge in [0.15, 0.2) is 0 Å². The summed E-state index contributed by atoms with van der Waals surface area (Å²) in [6.45, 7) is 2.06. The number of rotatable bonds is 4. The number of aryl methyl sites for hydroxylation is 1. The van der Waals surface area contributed by atoms with Crippen LogP contribution in [0.3, 0.4) is 0 Å². The van der Waals surface area contributed by atoms with Gasteiger partial charge in [-0.1, -0.05) is 11.6 Å². The number of carbonyl (C=O) groups is 1. The van der Waals surface area contributed by atoms with E-state index in [1.54, 1.807) is 18.2 Å². The Hall–Kier alpha value is -1.85. The predicted octanol–water partition coefficient (Wildman–Crippen LogP) is 3.24. The standard InChI is InChI=1S/C14H14ClNO4/c1-8-6-9(15)4-5-10(8)13-16-11(7-18-2)12(20-13)14(17)19-3/h4-6H,7H2,1-3H3. The summed E-state index contributed by atoms with van der Waals surface area (Å²) in [6.07, 6.45) is 0. The van der Waals surface area contributed by atoms with E-state index in [4.69, 9.17) is 20.8 Å². The number of benzene rings is 1. The van der Waals surface area contributed by atoms with Crippen LogP contribution < -0.4 is 0 Å². The van der Waals surface area contributed by atoms with Crippen molar-refractivity contribution in [1.82, 2.24) is 4.98 Å². The Morgan fingerprint density at radius 1 is 1.40 bits per heavy atom. The average molecular weight is 296 g/mol. The van der Waals surface area contributed by atoms with Crippen LogP contribution in [0.15, 0.2) is 22.6 Å². The van der Waals surface area contributed by atoms with E-state index in [0.29, 0.717) is 16.6 Å². The first-order valence-electron chi connectivity index (χ1n) is 5.90. The minimum absolute atomic E-state index is 0.0544. The number of halogens is 1. The van der Waals surface area contributed by atoms with E-state index in [9.17, 15) is 4.79 Å². The van der Waals surface area contributed by atoms with Gasteiger partial charge in [-0.05, 0) is 30.7 Å². The Morgan fingerprint density at radius 2 is 2.15 bits per heavy atom. The van der Waals surface area contributed by atoms with E-state index in [1.807, 2.05) is 6.92 Å². The van der Waals surface area contributed by atoms with Crippen LogP contribution in [0.5, 0.6) is 0 Å². The van der Waals surface area contributed by atoms with Gasteiger partial charge in [0.2, 0.25) is 11.7 Å². The average Bonchev–Trinajstić information content (AvgIpc) is 2.82. The number of methoxy groups -OCH3 is 2. The molecular formula is C14H14ClNO4. The van der Waals surface area contributed by atoms with Gasteiger partial charge < -0.3 is 13.9 Å². The van der Waals surface area contributed by atoms with Crippen molar-refractivity contribution in [2.75, 3.05) is 14.2 Å². The highest BCUT2D eigenvalue weighted by Gasteiger charge is 2.22. The zero-order valence-electron chi connectivity index (χ0n) is 11.4. The molecule has 0 spiro atoms. The first-order chi connectivity index (χ1) is 9.56. The maximum Gasteiger partial charge on any atom is 0.376 e. The second-order valence-corrected chi connectivity index (χ2v) is 4.62. The molecule has 1 aromatic heterocycles. The maximum absolute atomic E-state index is 11.7. The van der Waals surface area contributed by atoms with Crippen molar-refractivity contribution in [3.8, 4) is 11.5 Å². The third-order valence-electron chi connectivity index (χ3n) is 2.77. The van der Waals surface area contributed by atoms with Gasteiger partial charge in [0.25, 0.3) is 0 Å². The largest absolute Gasteiger partial charge is 0.463 e. The molecule has 20 heavy (non-hydrogen) atoms. The number of ether oxygens (including phenoxy) is 2. The summed E-state index contributed by atoms with van der Waals surface area (Å²) in [4.78, 5) is 16.0. The molecule has 0 bridgehead atoms. The summed E-state index contributed by atoms with van der Waals surface area (Å²) >= 11 is 5.92.